The molecule has 29 heavy (non-hydrogen) atoms. The number of benzene rings is 1. The number of hydrogen-bond acceptors (Lipinski definition) is 3. The SMILES string of the molecule is CN=C(NCCN(CC1CC1)C1CC1)NCc1ccccc1-n1nc(C)cc1C. The molecule has 2 aromatic rings. The Hall–Kier alpha value is -2.34. The predicted molar refractivity (Wildman–Crippen MR) is 119 cm³/mol. The number of aliphatic imine (C=N–C) groups is 1. The van der Waals surface area contributed by atoms with Crippen LogP contribution in [0.2, 0.25) is 0 Å². The van der Waals surface area contributed by atoms with E-state index in [2.05, 4.69) is 62.9 Å². The fourth-order valence-corrected chi connectivity index (χ4v) is 3.95. The van der Waals surface area contributed by atoms with Crippen LogP contribution in [-0.2, 0) is 6.54 Å². The molecule has 4 rings (SSSR count). The Morgan fingerprint density at radius 1 is 1.17 bits per heavy atom. The molecule has 2 aliphatic carbocycles. The molecule has 6 heteroatoms. The molecule has 0 amide bonds. The first-order valence-electron chi connectivity index (χ1n) is 10.9. The van der Waals surface area contributed by atoms with Crippen molar-refractivity contribution in [1.82, 2.24) is 25.3 Å². The summed E-state index contributed by atoms with van der Waals surface area (Å²) >= 11 is 0. The van der Waals surface area contributed by atoms with Crippen molar-refractivity contribution >= 4 is 5.96 Å². The number of nitrogens with one attached hydrogen (secondary N) is 2. The lowest BCUT2D eigenvalue weighted by molar-refractivity contribution is 0.256. The zero-order chi connectivity index (χ0) is 20.2. The van der Waals surface area contributed by atoms with Gasteiger partial charge in [0.2, 0.25) is 0 Å². The molecule has 1 heterocycles. The fourth-order valence-electron chi connectivity index (χ4n) is 3.95. The molecule has 0 saturated heterocycles. The smallest absolute Gasteiger partial charge is 0.191 e. The first-order valence-corrected chi connectivity index (χ1v) is 10.9. The number of para-hydroxylation sites is 1. The van der Waals surface area contributed by atoms with E-state index in [0.29, 0.717) is 6.54 Å². The molecule has 1 aromatic heterocycles. The van der Waals surface area contributed by atoms with Crippen LogP contribution in [0, 0.1) is 19.8 Å². The molecule has 2 N–H and O–H groups in total. The van der Waals surface area contributed by atoms with Gasteiger partial charge in [-0.25, -0.2) is 4.68 Å². The van der Waals surface area contributed by atoms with Crippen molar-refractivity contribution in [2.24, 2.45) is 10.9 Å². The van der Waals surface area contributed by atoms with Gasteiger partial charge >= 0.3 is 0 Å². The molecule has 0 unspecified atom stereocenters. The summed E-state index contributed by atoms with van der Waals surface area (Å²) in [5, 5.41) is 11.6. The van der Waals surface area contributed by atoms with Crippen molar-refractivity contribution in [2.45, 2.75) is 52.1 Å². The zero-order valence-electron chi connectivity index (χ0n) is 18.0. The normalized spacial score (nSPS) is 17.0. The summed E-state index contributed by atoms with van der Waals surface area (Å²) in [4.78, 5) is 7.09. The first-order chi connectivity index (χ1) is 14.1. The lowest BCUT2D eigenvalue weighted by atomic mass is 10.1. The van der Waals surface area contributed by atoms with Crippen LogP contribution >= 0.6 is 0 Å². The Balaban J connectivity index is 1.31. The second kappa shape index (κ2) is 8.99. The lowest BCUT2D eigenvalue weighted by Gasteiger charge is -2.22. The summed E-state index contributed by atoms with van der Waals surface area (Å²) in [5.41, 5.74) is 4.50. The van der Waals surface area contributed by atoms with Crippen LogP contribution in [0.1, 0.15) is 42.6 Å². The highest BCUT2D eigenvalue weighted by atomic mass is 15.3. The molecule has 0 aliphatic heterocycles. The maximum atomic E-state index is 4.65. The molecule has 2 aliphatic rings. The van der Waals surface area contributed by atoms with Gasteiger partial charge in [0.1, 0.15) is 0 Å². The molecule has 0 radical (unpaired) electrons. The topological polar surface area (TPSA) is 57.5 Å². The molecule has 6 nitrogen and oxygen atoms in total. The Morgan fingerprint density at radius 2 is 1.97 bits per heavy atom. The van der Waals surface area contributed by atoms with E-state index in [1.54, 1.807) is 0 Å². The minimum Gasteiger partial charge on any atom is -0.355 e. The monoisotopic (exact) mass is 394 g/mol. The highest BCUT2D eigenvalue weighted by Crippen LogP contribution is 2.34. The summed E-state index contributed by atoms with van der Waals surface area (Å²) in [6.07, 6.45) is 5.61. The van der Waals surface area contributed by atoms with E-state index in [1.807, 2.05) is 18.7 Å². The Labute approximate surface area is 174 Å². The molecule has 0 spiro atoms. The van der Waals surface area contributed by atoms with E-state index in [-0.39, 0.29) is 0 Å². The average Bonchev–Trinajstić information content (AvgIpc) is 3.63. The zero-order valence-corrected chi connectivity index (χ0v) is 18.0. The van der Waals surface area contributed by atoms with Crippen molar-refractivity contribution in [1.29, 1.82) is 0 Å². The van der Waals surface area contributed by atoms with E-state index < -0.39 is 0 Å². The minimum absolute atomic E-state index is 0.711. The maximum Gasteiger partial charge on any atom is 0.191 e. The predicted octanol–water partition coefficient (Wildman–Crippen LogP) is 3.03. The highest BCUT2D eigenvalue weighted by Gasteiger charge is 2.33. The third kappa shape index (κ3) is 5.38. The molecule has 1 aromatic carbocycles. The quantitative estimate of drug-likeness (QED) is 0.507. The van der Waals surface area contributed by atoms with Crippen LogP contribution in [0.3, 0.4) is 0 Å². The second-order valence-corrected chi connectivity index (χ2v) is 8.49. The number of nitrogens with zero attached hydrogens (tertiary/aromatic N) is 4. The first kappa shape index (κ1) is 20.0. The molecule has 0 bridgehead atoms. The van der Waals surface area contributed by atoms with Crippen LogP contribution in [-0.4, -0.2) is 53.4 Å². The maximum absolute atomic E-state index is 4.65. The van der Waals surface area contributed by atoms with Gasteiger partial charge in [-0.05, 0) is 63.1 Å². The molecular weight excluding hydrogens is 360 g/mol. The highest BCUT2D eigenvalue weighted by molar-refractivity contribution is 5.79. The summed E-state index contributed by atoms with van der Waals surface area (Å²) in [6.45, 7) is 8.16. The van der Waals surface area contributed by atoms with E-state index in [9.17, 15) is 0 Å². The van der Waals surface area contributed by atoms with Crippen LogP contribution < -0.4 is 10.6 Å². The molecule has 0 atom stereocenters. The van der Waals surface area contributed by atoms with Crippen LogP contribution in [0.4, 0.5) is 0 Å². The Morgan fingerprint density at radius 3 is 2.62 bits per heavy atom. The largest absolute Gasteiger partial charge is 0.355 e. The summed E-state index contributed by atoms with van der Waals surface area (Å²) < 4.78 is 2.02. The van der Waals surface area contributed by atoms with Gasteiger partial charge in [0.05, 0.1) is 11.4 Å². The van der Waals surface area contributed by atoms with E-state index in [0.717, 1.165) is 48.1 Å². The number of aromatic nitrogens is 2. The number of guanidine groups is 1. The van der Waals surface area contributed by atoms with Crippen molar-refractivity contribution in [3.8, 4) is 5.69 Å². The molecule has 2 saturated carbocycles. The van der Waals surface area contributed by atoms with Crippen LogP contribution in [0.5, 0.6) is 0 Å². The standard InChI is InChI=1S/C23H34N6/c1-17-14-18(2)29(27-17)22-7-5-4-6-20(22)15-26-23(24-3)25-12-13-28(21-10-11-21)16-19-8-9-19/h4-7,14,19,21H,8-13,15-16H2,1-3H3,(H2,24,25,26). The number of aryl methyl sites for hydroxylation is 2. The Bertz CT molecular complexity index is 847. The van der Waals surface area contributed by atoms with Gasteiger partial charge in [0.15, 0.2) is 5.96 Å². The molecule has 2 fully saturated rings. The fraction of sp³-hybridized carbons (Fsp3) is 0.565. The number of rotatable bonds is 9. The van der Waals surface area contributed by atoms with Gasteiger partial charge in [0, 0.05) is 45.0 Å². The third-order valence-corrected chi connectivity index (χ3v) is 5.84. The Kier molecular flexibility index (Phi) is 6.19. The van der Waals surface area contributed by atoms with E-state index in [4.69, 9.17) is 0 Å². The van der Waals surface area contributed by atoms with E-state index >= 15 is 0 Å². The van der Waals surface area contributed by atoms with E-state index in [1.165, 1.54) is 37.8 Å². The van der Waals surface area contributed by atoms with Gasteiger partial charge in [0.25, 0.3) is 0 Å². The minimum atomic E-state index is 0.711. The molecule has 156 valence electrons. The summed E-state index contributed by atoms with van der Waals surface area (Å²) in [5.74, 6) is 1.81. The van der Waals surface area contributed by atoms with Gasteiger partial charge in [-0.1, -0.05) is 18.2 Å². The third-order valence-electron chi connectivity index (χ3n) is 5.84. The van der Waals surface area contributed by atoms with Gasteiger partial charge in [-0.2, -0.15) is 5.10 Å². The van der Waals surface area contributed by atoms with Gasteiger partial charge in [-0.15, -0.1) is 0 Å². The summed E-state index contributed by atoms with van der Waals surface area (Å²) in [7, 11) is 1.84. The average molecular weight is 395 g/mol. The van der Waals surface area contributed by atoms with Crippen molar-refractivity contribution in [3.63, 3.8) is 0 Å². The summed E-state index contributed by atoms with van der Waals surface area (Å²) in [6, 6.07) is 11.4. The van der Waals surface area contributed by atoms with Gasteiger partial charge in [-0.3, -0.25) is 9.89 Å². The van der Waals surface area contributed by atoms with Crippen molar-refractivity contribution in [2.75, 3.05) is 26.7 Å². The van der Waals surface area contributed by atoms with Gasteiger partial charge < -0.3 is 10.6 Å². The van der Waals surface area contributed by atoms with Crippen molar-refractivity contribution < 1.29 is 0 Å². The van der Waals surface area contributed by atoms with Crippen LogP contribution in [0.15, 0.2) is 35.3 Å². The lowest BCUT2D eigenvalue weighted by Crippen LogP contribution is -2.42. The van der Waals surface area contributed by atoms with Crippen LogP contribution in [0.25, 0.3) is 5.69 Å². The number of hydrogen-bond donors (Lipinski definition) is 2. The molecular formula is C23H34N6. The van der Waals surface area contributed by atoms with Crippen molar-refractivity contribution in [3.05, 3.63) is 47.3 Å². The second-order valence-electron chi connectivity index (χ2n) is 8.49.